The molecule has 4 heterocycles. The van der Waals surface area contributed by atoms with E-state index in [-0.39, 0.29) is 17.4 Å². The number of rotatable bonds is 3. The highest BCUT2D eigenvalue weighted by atomic mass is 16.2. The third-order valence-corrected chi connectivity index (χ3v) is 5.01. The summed E-state index contributed by atoms with van der Waals surface area (Å²) in [5, 5.41) is 4.26. The summed E-state index contributed by atoms with van der Waals surface area (Å²) in [6.45, 7) is 8.42. The molecule has 0 aromatic carbocycles. The molecule has 0 spiro atoms. The van der Waals surface area contributed by atoms with Crippen LogP contribution >= 0.6 is 0 Å². The molecule has 1 N–H and O–H groups in total. The van der Waals surface area contributed by atoms with Crippen LogP contribution in [0.3, 0.4) is 0 Å². The van der Waals surface area contributed by atoms with Crippen LogP contribution in [0.4, 0.5) is 5.82 Å². The highest BCUT2D eigenvalue weighted by Gasteiger charge is 2.26. The van der Waals surface area contributed by atoms with Gasteiger partial charge in [0, 0.05) is 49.7 Å². The van der Waals surface area contributed by atoms with Gasteiger partial charge in [-0.3, -0.25) is 9.59 Å². The van der Waals surface area contributed by atoms with E-state index in [4.69, 9.17) is 0 Å². The van der Waals surface area contributed by atoms with Gasteiger partial charge in [0.05, 0.1) is 5.56 Å². The van der Waals surface area contributed by atoms with E-state index in [1.807, 2.05) is 31.7 Å². The zero-order valence-electron chi connectivity index (χ0n) is 16.2. The minimum absolute atomic E-state index is 0.0450. The number of anilines is 1. The number of pyridine rings is 1. The van der Waals surface area contributed by atoms with Gasteiger partial charge in [0.25, 0.3) is 11.7 Å². The van der Waals surface area contributed by atoms with Crippen LogP contribution < -0.4 is 10.5 Å². The molecule has 1 aliphatic heterocycles. The van der Waals surface area contributed by atoms with Crippen molar-refractivity contribution in [2.24, 2.45) is 0 Å². The Morgan fingerprint density at radius 1 is 1.18 bits per heavy atom. The number of hydrogen-bond donors (Lipinski definition) is 1. The molecule has 1 saturated heterocycles. The van der Waals surface area contributed by atoms with Crippen molar-refractivity contribution in [3.05, 3.63) is 51.8 Å². The van der Waals surface area contributed by atoms with E-state index >= 15 is 0 Å². The number of amides is 1. The quantitative estimate of drug-likeness (QED) is 0.732. The molecular formula is C19H23N7O2. The third kappa shape index (κ3) is 3.23. The second kappa shape index (κ2) is 7.06. The van der Waals surface area contributed by atoms with Gasteiger partial charge in [0.1, 0.15) is 12.1 Å². The molecule has 0 unspecified atom stereocenters. The number of carbonyl (C=O) groups is 1. The molecule has 4 rings (SSSR count). The summed E-state index contributed by atoms with van der Waals surface area (Å²) in [5.41, 5.74) is 1.95. The monoisotopic (exact) mass is 381 g/mol. The number of carbonyl (C=O) groups excluding carboxylic acids is 1. The molecule has 28 heavy (non-hydrogen) atoms. The molecule has 0 radical (unpaired) electrons. The largest absolute Gasteiger partial charge is 0.353 e. The second-order valence-corrected chi connectivity index (χ2v) is 7.31. The first-order valence-corrected chi connectivity index (χ1v) is 9.39. The minimum Gasteiger partial charge on any atom is -0.353 e. The Hall–Kier alpha value is -3.23. The molecule has 9 heteroatoms. The number of aryl methyl sites for hydroxylation is 1. The Bertz CT molecular complexity index is 1080. The molecule has 9 nitrogen and oxygen atoms in total. The van der Waals surface area contributed by atoms with Crippen LogP contribution in [0.15, 0.2) is 29.3 Å². The Morgan fingerprint density at radius 2 is 1.93 bits per heavy atom. The Kier molecular flexibility index (Phi) is 4.58. The average Bonchev–Trinajstić information content (AvgIpc) is 3.15. The first-order valence-electron chi connectivity index (χ1n) is 9.39. The Labute approximate surface area is 162 Å². The molecule has 1 fully saturated rings. The maximum atomic E-state index is 13.1. The topological polar surface area (TPSA) is 99.5 Å². The number of fused-ring (bicyclic) bond motifs is 1. The van der Waals surface area contributed by atoms with Gasteiger partial charge in [-0.1, -0.05) is 13.8 Å². The molecule has 146 valence electrons. The summed E-state index contributed by atoms with van der Waals surface area (Å²) in [7, 11) is 0. The first-order chi connectivity index (χ1) is 13.4. The Balaban J connectivity index is 1.54. The molecule has 0 saturated carbocycles. The van der Waals surface area contributed by atoms with Crippen LogP contribution in [0.1, 0.15) is 41.5 Å². The predicted molar refractivity (Wildman–Crippen MR) is 105 cm³/mol. The number of aromatic nitrogens is 5. The van der Waals surface area contributed by atoms with Crippen LogP contribution in [0.25, 0.3) is 5.78 Å². The van der Waals surface area contributed by atoms with Crippen molar-refractivity contribution in [3.8, 4) is 0 Å². The van der Waals surface area contributed by atoms with Crippen molar-refractivity contribution in [3.63, 3.8) is 0 Å². The van der Waals surface area contributed by atoms with Gasteiger partial charge < -0.3 is 14.8 Å². The van der Waals surface area contributed by atoms with Crippen molar-refractivity contribution < 1.29 is 4.79 Å². The van der Waals surface area contributed by atoms with Gasteiger partial charge in [-0.2, -0.15) is 14.6 Å². The second-order valence-electron chi connectivity index (χ2n) is 7.31. The molecule has 3 aromatic heterocycles. The summed E-state index contributed by atoms with van der Waals surface area (Å²) >= 11 is 0. The van der Waals surface area contributed by atoms with Gasteiger partial charge in [-0.15, -0.1) is 0 Å². The van der Waals surface area contributed by atoms with Crippen LogP contribution in [0, 0.1) is 6.92 Å². The molecule has 1 aliphatic rings. The van der Waals surface area contributed by atoms with E-state index in [2.05, 4.69) is 25.0 Å². The molecule has 3 aromatic rings. The lowest BCUT2D eigenvalue weighted by atomic mass is 10.0. The number of nitrogens with one attached hydrogen (secondary N) is 1. The number of nitrogens with zero attached hydrogens (tertiary/aromatic N) is 6. The predicted octanol–water partition coefficient (Wildman–Crippen LogP) is 1.21. The smallest absolute Gasteiger partial charge is 0.255 e. The normalized spacial score (nSPS) is 14.9. The van der Waals surface area contributed by atoms with Gasteiger partial charge in [-0.25, -0.2) is 4.98 Å². The van der Waals surface area contributed by atoms with E-state index in [1.54, 1.807) is 10.6 Å². The van der Waals surface area contributed by atoms with Crippen molar-refractivity contribution in [1.82, 2.24) is 29.5 Å². The van der Waals surface area contributed by atoms with E-state index in [0.717, 1.165) is 11.5 Å². The summed E-state index contributed by atoms with van der Waals surface area (Å²) in [4.78, 5) is 40.1. The minimum atomic E-state index is -0.185. The lowest BCUT2D eigenvalue weighted by Gasteiger charge is -2.36. The van der Waals surface area contributed by atoms with Crippen molar-refractivity contribution in [1.29, 1.82) is 0 Å². The van der Waals surface area contributed by atoms with E-state index < -0.39 is 0 Å². The maximum Gasteiger partial charge on any atom is 0.255 e. The van der Waals surface area contributed by atoms with Gasteiger partial charge in [0.15, 0.2) is 0 Å². The summed E-state index contributed by atoms with van der Waals surface area (Å²) in [5.74, 6) is 1.52. The first kappa shape index (κ1) is 18.1. The van der Waals surface area contributed by atoms with Gasteiger partial charge in [-0.05, 0) is 18.9 Å². The van der Waals surface area contributed by atoms with Crippen molar-refractivity contribution >= 4 is 17.5 Å². The van der Waals surface area contributed by atoms with Crippen molar-refractivity contribution in [2.45, 2.75) is 26.7 Å². The van der Waals surface area contributed by atoms with E-state index in [1.165, 1.54) is 12.4 Å². The summed E-state index contributed by atoms with van der Waals surface area (Å²) < 4.78 is 1.73. The zero-order chi connectivity index (χ0) is 19.8. The molecule has 0 bridgehead atoms. The zero-order valence-corrected chi connectivity index (χ0v) is 16.2. The lowest BCUT2D eigenvalue weighted by molar-refractivity contribution is 0.0744. The lowest BCUT2D eigenvalue weighted by Crippen LogP contribution is -2.49. The van der Waals surface area contributed by atoms with Gasteiger partial charge in [0.2, 0.25) is 5.56 Å². The van der Waals surface area contributed by atoms with Crippen LogP contribution in [-0.2, 0) is 0 Å². The Morgan fingerprint density at radius 3 is 2.64 bits per heavy atom. The molecule has 0 aliphatic carbocycles. The standard InChI is InChI=1S/C19H23N7O2/c1-12(2)17-14(4-5-15(27)23-17)18(28)25-8-6-24(7-9-25)16-10-13(3)22-19-20-11-21-26(16)19/h4-5,10-12H,6-9H2,1-3H3,(H,23,27). The summed E-state index contributed by atoms with van der Waals surface area (Å²) in [6, 6.07) is 5.03. The fourth-order valence-electron chi connectivity index (χ4n) is 3.58. The molecule has 1 amide bonds. The van der Waals surface area contributed by atoms with E-state index in [0.29, 0.717) is 43.2 Å². The highest BCUT2D eigenvalue weighted by molar-refractivity contribution is 5.95. The third-order valence-electron chi connectivity index (χ3n) is 5.01. The number of H-pyrrole nitrogens is 1. The number of hydrogen-bond acceptors (Lipinski definition) is 6. The van der Waals surface area contributed by atoms with Crippen LogP contribution in [0.5, 0.6) is 0 Å². The SMILES string of the molecule is Cc1cc(N2CCN(C(=O)c3ccc(=O)[nH]c3C(C)C)CC2)n2ncnc2n1. The van der Waals surface area contributed by atoms with Crippen molar-refractivity contribution in [2.75, 3.05) is 31.1 Å². The maximum absolute atomic E-state index is 13.1. The fraction of sp³-hybridized carbons (Fsp3) is 0.421. The van der Waals surface area contributed by atoms with Crippen LogP contribution in [-0.4, -0.2) is 61.6 Å². The van der Waals surface area contributed by atoms with Gasteiger partial charge >= 0.3 is 0 Å². The van der Waals surface area contributed by atoms with E-state index in [9.17, 15) is 9.59 Å². The molecule has 0 atom stereocenters. The molecular weight excluding hydrogens is 358 g/mol. The fourth-order valence-corrected chi connectivity index (χ4v) is 3.58. The summed E-state index contributed by atoms with van der Waals surface area (Å²) in [6.07, 6.45) is 1.49. The van der Waals surface area contributed by atoms with Crippen LogP contribution in [0.2, 0.25) is 0 Å². The number of piperazine rings is 1. The number of aromatic amines is 1. The highest BCUT2D eigenvalue weighted by Crippen LogP contribution is 2.21. The average molecular weight is 381 g/mol.